The molecule has 4 aromatic rings. The number of aromatic nitrogens is 1. The van der Waals surface area contributed by atoms with Crippen molar-refractivity contribution < 1.29 is 13.9 Å². The molecule has 0 fully saturated rings. The summed E-state index contributed by atoms with van der Waals surface area (Å²) < 4.78 is 11.7. The van der Waals surface area contributed by atoms with Gasteiger partial charge in [0.05, 0.1) is 30.1 Å². The molecule has 0 saturated heterocycles. The Kier molecular flexibility index (Phi) is 5.36. The molecule has 0 radical (unpaired) electrons. The third-order valence-electron chi connectivity index (χ3n) is 4.29. The van der Waals surface area contributed by atoms with Crippen molar-refractivity contribution in [3.05, 3.63) is 72.2 Å². The molecule has 28 heavy (non-hydrogen) atoms. The molecule has 2 aromatic carbocycles. The maximum Gasteiger partial charge on any atom is 0.260 e. The normalized spacial score (nSPS) is 10.9. The summed E-state index contributed by atoms with van der Waals surface area (Å²) in [6, 6.07) is 17.0. The van der Waals surface area contributed by atoms with Crippen molar-refractivity contribution >= 4 is 44.4 Å². The largest absolute Gasteiger partial charge is 0.497 e. The number of hydrogen-bond acceptors (Lipinski definition) is 6. The Hall–Kier alpha value is -2.77. The Morgan fingerprint density at radius 2 is 2.04 bits per heavy atom. The molecular weight excluding hydrogens is 392 g/mol. The fourth-order valence-electron chi connectivity index (χ4n) is 2.81. The number of hydrogen-bond donors (Lipinski definition) is 0. The number of anilines is 1. The Labute approximate surface area is 170 Å². The fraction of sp³-hybridized carbons (Fsp3) is 0.143. The first-order valence-electron chi connectivity index (χ1n) is 8.61. The topological polar surface area (TPSA) is 55.6 Å². The van der Waals surface area contributed by atoms with Crippen LogP contribution in [0.2, 0.25) is 0 Å². The first kappa shape index (κ1) is 18.6. The highest BCUT2D eigenvalue weighted by Gasteiger charge is 2.23. The number of furan rings is 1. The van der Waals surface area contributed by atoms with Crippen molar-refractivity contribution in [1.29, 1.82) is 0 Å². The van der Waals surface area contributed by atoms with Crippen molar-refractivity contribution in [1.82, 2.24) is 4.98 Å². The van der Waals surface area contributed by atoms with Crippen LogP contribution in [0.15, 0.2) is 70.2 Å². The molecule has 0 N–H and O–H groups in total. The third kappa shape index (κ3) is 3.76. The fourth-order valence-corrected chi connectivity index (χ4v) is 4.21. The van der Waals surface area contributed by atoms with E-state index in [2.05, 4.69) is 4.98 Å². The van der Waals surface area contributed by atoms with Gasteiger partial charge in [-0.2, -0.15) is 0 Å². The van der Waals surface area contributed by atoms with Crippen molar-refractivity contribution in [3.8, 4) is 5.75 Å². The van der Waals surface area contributed by atoms with E-state index in [0.717, 1.165) is 20.9 Å². The average molecular weight is 411 g/mol. The van der Waals surface area contributed by atoms with Crippen LogP contribution < -0.4 is 9.64 Å². The van der Waals surface area contributed by atoms with Crippen LogP contribution >= 0.6 is 23.1 Å². The van der Waals surface area contributed by atoms with Gasteiger partial charge in [-0.05, 0) is 60.9 Å². The van der Waals surface area contributed by atoms with Gasteiger partial charge in [0.25, 0.3) is 5.91 Å². The number of thiazole rings is 1. The number of fused-ring (bicyclic) bond motifs is 1. The SMILES string of the molecule is COc1ccc2nc(N(Cc3ccco3)C(=O)c3ccc(SC)cc3)sc2c1. The first-order valence-corrected chi connectivity index (χ1v) is 10.6. The van der Waals surface area contributed by atoms with Crippen LogP contribution in [0.5, 0.6) is 5.75 Å². The lowest BCUT2D eigenvalue weighted by atomic mass is 10.2. The highest BCUT2D eigenvalue weighted by atomic mass is 32.2. The lowest BCUT2D eigenvalue weighted by Crippen LogP contribution is -2.30. The van der Waals surface area contributed by atoms with Gasteiger partial charge in [-0.25, -0.2) is 4.98 Å². The highest BCUT2D eigenvalue weighted by molar-refractivity contribution is 7.98. The van der Waals surface area contributed by atoms with Crippen LogP contribution in [0, 0.1) is 0 Å². The van der Waals surface area contributed by atoms with Crippen LogP contribution in [0.3, 0.4) is 0 Å². The first-order chi connectivity index (χ1) is 13.7. The van der Waals surface area contributed by atoms with E-state index in [0.29, 0.717) is 23.0 Å². The Bertz CT molecular complexity index is 1090. The molecule has 0 bridgehead atoms. The number of rotatable bonds is 6. The molecule has 2 heterocycles. The van der Waals surface area contributed by atoms with Gasteiger partial charge in [0.2, 0.25) is 0 Å². The molecule has 4 rings (SSSR count). The summed E-state index contributed by atoms with van der Waals surface area (Å²) in [6.07, 6.45) is 3.61. The van der Waals surface area contributed by atoms with Crippen LogP contribution in [0.4, 0.5) is 5.13 Å². The molecule has 0 aliphatic heterocycles. The summed E-state index contributed by atoms with van der Waals surface area (Å²) in [7, 11) is 1.63. The average Bonchev–Trinajstić information content (AvgIpc) is 3.40. The molecular formula is C21H18N2O3S2. The zero-order chi connectivity index (χ0) is 19.5. The molecule has 2 aromatic heterocycles. The quantitative estimate of drug-likeness (QED) is 0.395. The van der Waals surface area contributed by atoms with E-state index < -0.39 is 0 Å². The predicted octanol–water partition coefficient (Wildman–Crippen LogP) is 5.47. The molecule has 0 saturated carbocycles. The predicted molar refractivity (Wildman–Crippen MR) is 114 cm³/mol. The number of nitrogens with zero attached hydrogens (tertiary/aromatic N) is 2. The van der Waals surface area contributed by atoms with Gasteiger partial charge < -0.3 is 9.15 Å². The van der Waals surface area contributed by atoms with Gasteiger partial charge in [0.1, 0.15) is 11.5 Å². The summed E-state index contributed by atoms with van der Waals surface area (Å²) >= 11 is 3.10. The zero-order valence-electron chi connectivity index (χ0n) is 15.4. The zero-order valence-corrected chi connectivity index (χ0v) is 17.0. The minimum absolute atomic E-state index is 0.116. The Balaban J connectivity index is 1.73. The molecule has 0 spiro atoms. The smallest absolute Gasteiger partial charge is 0.260 e. The van der Waals surface area contributed by atoms with E-state index in [1.807, 2.05) is 60.9 Å². The van der Waals surface area contributed by atoms with Gasteiger partial charge in [0, 0.05) is 10.5 Å². The van der Waals surface area contributed by atoms with Gasteiger partial charge in [0.15, 0.2) is 5.13 Å². The number of carbonyl (C=O) groups excluding carboxylic acids is 1. The second kappa shape index (κ2) is 8.08. The molecule has 0 atom stereocenters. The lowest BCUT2D eigenvalue weighted by molar-refractivity contribution is 0.0983. The van der Waals surface area contributed by atoms with Gasteiger partial charge in [-0.15, -0.1) is 11.8 Å². The van der Waals surface area contributed by atoms with Crippen molar-refractivity contribution in [2.45, 2.75) is 11.4 Å². The van der Waals surface area contributed by atoms with Gasteiger partial charge in [-0.3, -0.25) is 9.69 Å². The van der Waals surface area contributed by atoms with E-state index in [4.69, 9.17) is 9.15 Å². The standard InChI is InChI=1S/C21H18N2O3S2/c1-25-15-7-10-18-19(12-15)28-21(22-18)23(13-16-4-3-11-26-16)20(24)14-5-8-17(27-2)9-6-14/h3-12H,13H2,1-2H3. The number of carbonyl (C=O) groups is 1. The van der Waals surface area contributed by atoms with Crippen LogP contribution in [-0.2, 0) is 6.54 Å². The third-order valence-corrected chi connectivity index (χ3v) is 6.08. The van der Waals surface area contributed by atoms with E-state index in [1.54, 1.807) is 30.0 Å². The monoisotopic (exact) mass is 410 g/mol. The minimum atomic E-state index is -0.116. The second-order valence-corrected chi connectivity index (χ2v) is 7.92. The molecule has 0 aliphatic rings. The van der Waals surface area contributed by atoms with E-state index in [-0.39, 0.29) is 5.91 Å². The number of thioether (sulfide) groups is 1. The molecule has 142 valence electrons. The Morgan fingerprint density at radius 1 is 1.21 bits per heavy atom. The number of benzene rings is 2. The highest BCUT2D eigenvalue weighted by Crippen LogP contribution is 2.33. The minimum Gasteiger partial charge on any atom is -0.497 e. The maximum atomic E-state index is 13.3. The van der Waals surface area contributed by atoms with Gasteiger partial charge >= 0.3 is 0 Å². The van der Waals surface area contributed by atoms with Crippen molar-refractivity contribution in [2.24, 2.45) is 0 Å². The summed E-state index contributed by atoms with van der Waals surface area (Å²) in [5.41, 5.74) is 1.44. The summed E-state index contributed by atoms with van der Waals surface area (Å²) in [4.78, 5) is 20.7. The lowest BCUT2D eigenvalue weighted by Gasteiger charge is -2.19. The molecule has 0 aliphatic carbocycles. The van der Waals surface area contributed by atoms with Crippen molar-refractivity contribution in [3.63, 3.8) is 0 Å². The van der Waals surface area contributed by atoms with E-state index in [1.165, 1.54) is 11.3 Å². The molecule has 1 amide bonds. The summed E-state index contributed by atoms with van der Waals surface area (Å²) in [6.45, 7) is 0.313. The van der Waals surface area contributed by atoms with E-state index in [9.17, 15) is 4.79 Å². The maximum absolute atomic E-state index is 13.3. The molecule has 5 nitrogen and oxygen atoms in total. The number of ether oxygens (including phenoxy) is 1. The summed E-state index contributed by atoms with van der Waals surface area (Å²) in [5, 5.41) is 0.624. The molecule has 7 heteroatoms. The van der Waals surface area contributed by atoms with Crippen molar-refractivity contribution in [2.75, 3.05) is 18.3 Å². The summed E-state index contributed by atoms with van der Waals surface area (Å²) in [5.74, 6) is 1.35. The number of methoxy groups -OCH3 is 1. The molecule has 0 unspecified atom stereocenters. The second-order valence-electron chi connectivity index (χ2n) is 6.03. The van der Waals surface area contributed by atoms with E-state index >= 15 is 0 Å². The Morgan fingerprint density at radius 3 is 2.71 bits per heavy atom. The number of amides is 1. The van der Waals surface area contributed by atoms with Gasteiger partial charge in [-0.1, -0.05) is 11.3 Å². The van der Waals surface area contributed by atoms with Crippen LogP contribution in [-0.4, -0.2) is 24.3 Å². The van der Waals surface area contributed by atoms with Crippen LogP contribution in [0.25, 0.3) is 10.2 Å². The van der Waals surface area contributed by atoms with Crippen LogP contribution in [0.1, 0.15) is 16.1 Å².